The van der Waals surface area contributed by atoms with Crippen molar-refractivity contribution in [3.05, 3.63) is 66.1 Å². The first-order valence-corrected chi connectivity index (χ1v) is 11.7. The summed E-state index contributed by atoms with van der Waals surface area (Å²) in [6.45, 7) is 1.22. The third kappa shape index (κ3) is 4.67. The molecule has 0 spiro atoms. The maximum absolute atomic E-state index is 16.0. The molecule has 3 aromatic heterocycles. The van der Waals surface area contributed by atoms with Gasteiger partial charge in [-0.15, -0.1) is 5.10 Å². The highest BCUT2D eigenvalue weighted by molar-refractivity contribution is 6.04. The molecule has 1 N–H and O–H groups in total. The monoisotopic (exact) mass is 504 g/mol. The summed E-state index contributed by atoms with van der Waals surface area (Å²) < 4.78 is 28.0. The van der Waals surface area contributed by atoms with Crippen LogP contribution in [0.2, 0.25) is 0 Å². The second-order valence-electron chi connectivity index (χ2n) is 8.57. The van der Waals surface area contributed by atoms with E-state index in [0.717, 1.165) is 0 Å². The number of aryl methyl sites for hydroxylation is 1. The number of nitrogens with zero attached hydrogens (tertiary/aromatic N) is 5. The third-order valence-corrected chi connectivity index (χ3v) is 6.43. The fraction of sp³-hybridized carbons (Fsp3) is 0.269. The highest BCUT2D eigenvalue weighted by atomic mass is 19.1. The second kappa shape index (κ2) is 10.2. The van der Waals surface area contributed by atoms with Crippen molar-refractivity contribution in [3.63, 3.8) is 0 Å². The molecule has 11 heteroatoms. The van der Waals surface area contributed by atoms with Crippen molar-refractivity contribution in [2.24, 2.45) is 0 Å². The van der Waals surface area contributed by atoms with E-state index in [1.165, 1.54) is 7.11 Å². The Balaban J connectivity index is 1.54. The largest absolute Gasteiger partial charge is 0.496 e. The Morgan fingerprint density at radius 1 is 1.16 bits per heavy atom. The van der Waals surface area contributed by atoms with Gasteiger partial charge in [0.15, 0.2) is 5.82 Å². The number of aromatic amines is 1. The average molecular weight is 505 g/mol. The average Bonchev–Trinajstić information content (AvgIpc) is 3.62. The number of rotatable bonds is 7. The number of hydrogen-bond acceptors (Lipinski definition) is 7. The summed E-state index contributed by atoms with van der Waals surface area (Å²) in [5, 5.41) is 8.14. The molecule has 0 atom stereocenters. The van der Waals surface area contributed by atoms with Crippen molar-refractivity contribution in [3.8, 4) is 16.9 Å². The molecule has 0 fully saturated rings. The van der Waals surface area contributed by atoms with Crippen LogP contribution in [0.15, 0.2) is 49.1 Å². The summed E-state index contributed by atoms with van der Waals surface area (Å²) in [4.78, 5) is 34.0. The summed E-state index contributed by atoms with van der Waals surface area (Å²) in [7, 11) is 2.81. The van der Waals surface area contributed by atoms with Gasteiger partial charge in [-0.3, -0.25) is 14.5 Å². The minimum atomic E-state index is -0.609. The number of aromatic nitrogens is 5. The van der Waals surface area contributed by atoms with Crippen LogP contribution < -0.4 is 4.74 Å². The second-order valence-corrected chi connectivity index (χ2v) is 8.57. The van der Waals surface area contributed by atoms with Gasteiger partial charge in [0.1, 0.15) is 11.4 Å². The first-order chi connectivity index (χ1) is 18.0. The minimum Gasteiger partial charge on any atom is -0.496 e. The Labute approximate surface area is 211 Å². The number of carbonyl (C=O) groups is 2. The lowest BCUT2D eigenvalue weighted by Crippen LogP contribution is -2.36. The number of pyridine rings is 1. The van der Waals surface area contributed by atoms with Crippen molar-refractivity contribution in [2.45, 2.75) is 19.4 Å². The van der Waals surface area contributed by atoms with Crippen LogP contribution in [0.25, 0.3) is 27.6 Å². The molecule has 0 saturated heterocycles. The lowest BCUT2D eigenvalue weighted by Gasteiger charge is -2.28. The molecule has 0 bridgehead atoms. The molecule has 0 aliphatic carbocycles. The fourth-order valence-corrected chi connectivity index (χ4v) is 4.57. The molecule has 4 heterocycles. The summed E-state index contributed by atoms with van der Waals surface area (Å²) in [6, 6.07) is 5.00. The van der Waals surface area contributed by atoms with E-state index in [4.69, 9.17) is 9.47 Å². The maximum atomic E-state index is 16.0. The molecule has 1 aliphatic heterocycles. The van der Waals surface area contributed by atoms with E-state index < -0.39 is 11.8 Å². The number of nitrogens with one attached hydrogen (secondary N) is 1. The summed E-state index contributed by atoms with van der Waals surface area (Å²) >= 11 is 0. The number of ether oxygens (including phenoxy) is 2. The van der Waals surface area contributed by atoms with Gasteiger partial charge < -0.3 is 19.4 Å². The molecule has 190 valence electrons. The number of carbonyl (C=O) groups excluding carboxylic acids is 2. The molecule has 4 aromatic rings. The normalized spacial score (nSPS) is 13.5. The number of benzene rings is 1. The van der Waals surface area contributed by atoms with Gasteiger partial charge in [-0.2, -0.15) is 0 Å². The van der Waals surface area contributed by atoms with E-state index in [9.17, 15) is 9.59 Å². The summed E-state index contributed by atoms with van der Waals surface area (Å²) in [5.41, 5.74) is 2.58. The van der Waals surface area contributed by atoms with E-state index >= 15 is 4.39 Å². The molecule has 1 aliphatic rings. The highest BCUT2D eigenvalue weighted by Crippen LogP contribution is 2.39. The molecule has 0 unspecified atom stereocenters. The molecule has 0 saturated carbocycles. The number of hydrogen-bond donors (Lipinski definition) is 1. The van der Waals surface area contributed by atoms with E-state index in [2.05, 4.69) is 20.3 Å². The summed E-state index contributed by atoms with van der Waals surface area (Å²) in [5.74, 6) is -0.621. The molecule has 1 amide bonds. The van der Waals surface area contributed by atoms with Gasteiger partial charge in [-0.05, 0) is 35.8 Å². The van der Waals surface area contributed by atoms with Crippen LogP contribution in [0.4, 0.5) is 4.39 Å². The first-order valence-electron chi connectivity index (χ1n) is 11.7. The van der Waals surface area contributed by atoms with Crippen LogP contribution in [-0.2, 0) is 16.1 Å². The quantitative estimate of drug-likeness (QED) is 0.383. The Morgan fingerprint density at radius 3 is 2.78 bits per heavy atom. The van der Waals surface area contributed by atoms with Crippen molar-refractivity contribution >= 4 is 28.4 Å². The van der Waals surface area contributed by atoms with E-state index in [1.807, 2.05) is 6.08 Å². The van der Waals surface area contributed by atoms with Gasteiger partial charge in [0, 0.05) is 54.6 Å². The topological polar surface area (TPSA) is 115 Å². The van der Waals surface area contributed by atoms with Crippen molar-refractivity contribution in [2.75, 3.05) is 27.3 Å². The zero-order valence-corrected chi connectivity index (χ0v) is 20.4. The predicted octanol–water partition coefficient (Wildman–Crippen LogP) is 3.46. The van der Waals surface area contributed by atoms with Gasteiger partial charge in [0.05, 0.1) is 32.5 Å². The zero-order chi connectivity index (χ0) is 25.9. The molecular weight excluding hydrogens is 479 g/mol. The molecular formula is C26H25FN6O4. The number of halogens is 1. The SMILES string of the molecule is COC(=O)c1cc2c(-c3cnccc3OC)cc(C3=CCCN(C(=O)CCn4ccnn4)C3)c(F)c2[nH]1. The van der Waals surface area contributed by atoms with Crippen LogP contribution in [-0.4, -0.2) is 69.0 Å². The number of fused-ring (bicyclic) bond motifs is 1. The molecule has 10 nitrogen and oxygen atoms in total. The van der Waals surface area contributed by atoms with Crippen molar-refractivity contribution in [1.82, 2.24) is 29.9 Å². The van der Waals surface area contributed by atoms with Crippen LogP contribution in [0.5, 0.6) is 5.75 Å². The molecule has 5 rings (SSSR count). The first kappa shape index (κ1) is 24.2. The van der Waals surface area contributed by atoms with Crippen LogP contribution >= 0.6 is 0 Å². The summed E-state index contributed by atoms with van der Waals surface area (Å²) in [6.07, 6.45) is 9.29. The molecule has 37 heavy (non-hydrogen) atoms. The fourth-order valence-electron chi connectivity index (χ4n) is 4.57. The van der Waals surface area contributed by atoms with Gasteiger partial charge in [0.25, 0.3) is 0 Å². The van der Waals surface area contributed by atoms with Crippen LogP contribution in [0.3, 0.4) is 0 Å². The third-order valence-electron chi connectivity index (χ3n) is 6.43. The maximum Gasteiger partial charge on any atom is 0.354 e. The number of methoxy groups -OCH3 is 2. The standard InChI is InChI=1S/C26H25FN6O4/c1-36-22-5-7-28-14-20(22)18-12-17(24(27)25-19(18)13-21(30-25)26(35)37-2)16-4-3-9-32(15-16)23(34)6-10-33-11-8-29-31-33/h4-5,7-8,11-14,30H,3,6,9-10,15H2,1-2H3. The van der Waals surface area contributed by atoms with E-state index in [1.54, 1.807) is 59.7 Å². The van der Waals surface area contributed by atoms with E-state index in [0.29, 0.717) is 52.9 Å². The van der Waals surface area contributed by atoms with Crippen molar-refractivity contribution < 1.29 is 23.5 Å². The molecule has 0 radical (unpaired) electrons. The predicted molar refractivity (Wildman–Crippen MR) is 133 cm³/mol. The highest BCUT2D eigenvalue weighted by Gasteiger charge is 2.25. The number of H-pyrrole nitrogens is 1. The van der Waals surface area contributed by atoms with Crippen LogP contribution in [0, 0.1) is 5.82 Å². The van der Waals surface area contributed by atoms with Gasteiger partial charge >= 0.3 is 5.97 Å². The molecule has 1 aromatic carbocycles. The Hall–Kier alpha value is -4.54. The van der Waals surface area contributed by atoms with E-state index in [-0.39, 0.29) is 30.1 Å². The lowest BCUT2D eigenvalue weighted by molar-refractivity contribution is -0.131. The zero-order valence-electron chi connectivity index (χ0n) is 20.4. The van der Waals surface area contributed by atoms with Gasteiger partial charge in [0.2, 0.25) is 5.91 Å². The Morgan fingerprint density at radius 2 is 2.03 bits per heavy atom. The Kier molecular flexibility index (Phi) is 6.67. The van der Waals surface area contributed by atoms with Gasteiger partial charge in [-0.25, -0.2) is 9.18 Å². The van der Waals surface area contributed by atoms with Crippen molar-refractivity contribution in [1.29, 1.82) is 0 Å². The Bertz CT molecular complexity index is 1490. The minimum absolute atomic E-state index is 0.0513. The number of esters is 1. The number of amides is 1. The van der Waals surface area contributed by atoms with Crippen LogP contribution in [0.1, 0.15) is 28.9 Å². The smallest absolute Gasteiger partial charge is 0.354 e. The van der Waals surface area contributed by atoms with Gasteiger partial charge in [-0.1, -0.05) is 11.3 Å². The lowest BCUT2D eigenvalue weighted by atomic mass is 9.93.